The van der Waals surface area contributed by atoms with Crippen molar-refractivity contribution in [2.75, 3.05) is 19.8 Å². The van der Waals surface area contributed by atoms with Gasteiger partial charge in [-0.1, -0.05) is 0 Å². The molecule has 0 heterocycles. The largest absolute Gasteiger partial charge is 0.510 e. The van der Waals surface area contributed by atoms with E-state index in [-0.39, 0.29) is 29.7 Å². The minimum atomic E-state index is -2.74. The van der Waals surface area contributed by atoms with E-state index in [1.165, 1.54) is 19.0 Å². The van der Waals surface area contributed by atoms with E-state index in [1.807, 2.05) is 0 Å². The number of Topliss-reactive ketones (excluding diaryl/α,β-unsaturated/α-hetero) is 2. The van der Waals surface area contributed by atoms with Crippen LogP contribution in [0.3, 0.4) is 0 Å². The number of nitrogens with two attached hydrogens (primary N) is 2. The molecule has 1 amide bonds. The zero-order valence-electron chi connectivity index (χ0n) is 17.2. The normalized spacial score (nSPS) is 29.7. The molecule has 1 aromatic carbocycles. The number of carbonyl (C=O) groups excluding carboxylic acids is 3. The maximum atomic E-state index is 14.6. The summed E-state index contributed by atoms with van der Waals surface area (Å²) in [7, 11) is 3.04. The van der Waals surface area contributed by atoms with E-state index in [9.17, 15) is 39.2 Å². The number of hydrogen-bond acceptors (Lipinski definition) is 9. The quantitative estimate of drug-likeness (QED) is 0.203. The summed E-state index contributed by atoms with van der Waals surface area (Å²) in [5, 5.41) is 43.4. The van der Waals surface area contributed by atoms with Crippen molar-refractivity contribution in [3.63, 3.8) is 0 Å². The molecule has 0 fully saturated rings. The number of phenolic OH excluding ortho intramolecular Hbond substituents is 1. The van der Waals surface area contributed by atoms with Crippen LogP contribution in [-0.2, 0) is 16.0 Å². The Morgan fingerprint density at radius 1 is 1.25 bits per heavy atom. The molecular weight excluding hydrogens is 425 g/mol. The van der Waals surface area contributed by atoms with Crippen LogP contribution in [0.1, 0.15) is 22.3 Å². The third kappa shape index (κ3) is 2.55. The van der Waals surface area contributed by atoms with Gasteiger partial charge in [0.05, 0.1) is 17.3 Å². The van der Waals surface area contributed by atoms with Crippen molar-refractivity contribution in [1.29, 1.82) is 0 Å². The summed E-state index contributed by atoms with van der Waals surface area (Å²) in [5.41, 5.74) is 5.88. The van der Waals surface area contributed by atoms with E-state index < -0.39 is 75.2 Å². The van der Waals surface area contributed by atoms with Crippen LogP contribution in [0.2, 0.25) is 0 Å². The van der Waals surface area contributed by atoms with Gasteiger partial charge in [-0.2, -0.15) is 0 Å². The zero-order valence-corrected chi connectivity index (χ0v) is 17.2. The zero-order chi connectivity index (χ0) is 23.9. The molecule has 3 aliphatic rings. The van der Waals surface area contributed by atoms with Crippen molar-refractivity contribution in [3.8, 4) is 5.75 Å². The Morgan fingerprint density at radius 3 is 2.44 bits per heavy atom. The highest BCUT2D eigenvalue weighted by molar-refractivity contribution is 6.24. The number of aliphatic hydroxyl groups excluding tert-OH is 2. The Hall–Kier alpha value is -3.44. The molecule has 0 aliphatic heterocycles. The van der Waals surface area contributed by atoms with E-state index in [1.54, 1.807) is 0 Å². The number of primary amides is 1. The van der Waals surface area contributed by atoms with Crippen LogP contribution in [0.4, 0.5) is 10.1 Å². The van der Waals surface area contributed by atoms with Crippen LogP contribution in [-0.4, -0.2) is 68.5 Å². The lowest BCUT2D eigenvalue weighted by molar-refractivity contribution is -0.148. The number of likely N-dealkylation sites (N-methyl/N-ethyl adjacent to an activating group) is 1. The number of aliphatic hydroxyl groups is 3. The van der Waals surface area contributed by atoms with Gasteiger partial charge in [-0.15, -0.1) is 0 Å². The third-order valence-electron chi connectivity index (χ3n) is 6.70. The number of rotatable bonds is 2. The minimum Gasteiger partial charge on any atom is -0.510 e. The Labute approximate surface area is 181 Å². The number of aromatic hydroxyl groups is 1. The van der Waals surface area contributed by atoms with Crippen LogP contribution in [0.5, 0.6) is 5.75 Å². The van der Waals surface area contributed by atoms with Gasteiger partial charge in [-0.25, -0.2) is 4.39 Å². The van der Waals surface area contributed by atoms with Gasteiger partial charge in [-0.05, 0) is 32.9 Å². The number of anilines is 1. The number of ketones is 2. The SMILES string of the molecule is CN(C)[C@H]1C(O)=C(C(N)=O)C(=O)[C@@]2(O)C(O)=C3C(=O)c4c(O)c(N)cc(F)c4C[C@H]3C[C@@H]12. The first-order valence-electron chi connectivity index (χ1n) is 9.78. The fourth-order valence-corrected chi connectivity index (χ4v) is 5.29. The van der Waals surface area contributed by atoms with Crippen LogP contribution >= 0.6 is 0 Å². The summed E-state index contributed by atoms with van der Waals surface area (Å²) in [4.78, 5) is 39.6. The van der Waals surface area contributed by atoms with Gasteiger partial charge in [0.1, 0.15) is 28.7 Å². The van der Waals surface area contributed by atoms with Crippen LogP contribution in [0.15, 0.2) is 28.7 Å². The van der Waals surface area contributed by atoms with Gasteiger partial charge in [0, 0.05) is 23.1 Å². The fourth-order valence-electron chi connectivity index (χ4n) is 5.29. The molecule has 0 bridgehead atoms. The number of nitrogen functional groups attached to an aromatic ring is 1. The Bertz CT molecular complexity index is 1170. The second-order valence-electron chi connectivity index (χ2n) is 8.61. The van der Waals surface area contributed by atoms with Crippen molar-refractivity contribution >= 4 is 23.2 Å². The first-order chi connectivity index (χ1) is 14.8. The molecule has 0 spiro atoms. The van der Waals surface area contributed by atoms with Crippen LogP contribution < -0.4 is 11.5 Å². The Morgan fingerprint density at radius 2 is 1.88 bits per heavy atom. The smallest absolute Gasteiger partial charge is 0.255 e. The van der Waals surface area contributed by atoms with E-state index in [0.717, 1.165) is 6.07 Å². The predicted octanol–water partition coefficient (Wildman–Crippen LogP) is -0.158. The van der Waals surface area contributed by atoms with Crippen LogP contribution in [0, 0.1) is 17.7 Å². The number of hydrogen-bond donors (Lipinski definition) is 6. The van der Waals surface area contributed by atoms with Crippen molar-refractivity contribution in [3.05, 3.63) is 45.7 Å². The molecule has 1 aromatic rings. The molecule has 4 rings (SSSR count). The molecule has 3 aliphatic carbocycles. The molecule has 11 heteroatoms. The van der Waals surface area contributed by atoms with E-state index in [0.29, 0.717) is 0 Å². The molecule has 170 valence electrons. The van der Waals surface area contributed by atoms with Gasteiger partial charge in [0.2, 0.25) is 5.78 Å². The molecule has 0 saturated heterocycles. The second-order valence-corrected chi connectivity index (χ2v) is 8.61. The molecule has 0 unspecified atom stereocenters. The molecule has 32 heavy (non-hydrogen) atoms. The number of allylic oxidation sites excluding steroid dienone is 1. The molecule has 8 N–H and O–H groups in total. The Kier molecular flexibility index (Phi) is 4.61. The van der Waals surface area contributed by atoms with Gasteiger partial charge in [0.25, 0.3) is 5.91 Å². The fraction of sp³-hybridized carbons (Fsp3) is 0.381. The minimum absolute atomic E-state index is 0.102. The summed E-state index contributed by atoms with van der Waals surface area (Å²) >= 11 is 0. The summed E-state index contributed by atoms with van der Waals surface area (Å²) in [6, 6.07) is -0.222. The first-order valence-corrected chi connectivity index (χ1v) is 9.78. The van der Waals surface area contributed by atoms with Crippen molar-refractivity contribution in [1.82, 2.24) is 4.90 Å². The monoisotopic (exact) mass is 447 g/mol. The number of amides is 1. The summed E-state index contributed by atoms with van der Waals surface area (Å²) in [5.74, 6) is -8.80. The lowest BCUT2D eigenvalue weighted by atomic mass is 9.58. The maximum Gasteiger partial charge on any atom is 0.255 e. The third-order valence-corrected chi connectivity index (χ3v) is 6.70. The van der Waals surface area contributed by atoms with Gasteiger partial charge >= 0.3 is 0 Å². The van der Waals surface area contributed by atoms with Gasteiger partial charge < -0.3 is 31.9 Å². The van der Waals surface area contributed by atoms with Gasteiger partial charge in [0.15, 0.2) is 11.4 Å². The van der Waals surface area contributed by atoms with E-state index >= 15 is 0 Å². The lowest BCUT2D eigenvalue weighted by Crippen LogP contribution is -2.63. The van der Waals surface area contributed by atoms with Crippen molar-refractivity contribution < 1.29 is 39.2 Å². The highest BCUT2D eigenvalue weighted by Crippen LogP contribution is 2.52. The molecule has 10 nitrogen and oxygen atoms in total. The number of halogens is 1. The van der Waals surface area contributed by atoms with Crippen molar-refractivity contribution in [2.24, 2.45) is 17.6 Å². The molecule has 0 radical (unpaired) electrons. The molecule has 4 atom stereocenters. The lowest BCUT2D eigenvalue weighted by Gasteiger charge is -2.50. The predicted molar refractivity (Wildman–Crippen MR) is 108 cm³/mol. The van der Waals surface area contributed by atoms with Crippen LogP contribution in [0.25, 0.3) is 0 Å². The number of benzene rings is 1. The van der Waals surface area contributed by atoms with Crippen molar-refractivity contribution in [2.45, 2.75) is 24.5 Å². The highest BCUT2D eigenvalue weighted by Gasteiger charge is 2.63. The van der Waals surface area contributed by atoms with E-state index in [4.69, 9.17) is 11.5 Å². The number of carbonyl (C=O) groups is 3. The maximum absolute atomic E-state index is 14.6. The Balaban J connectivity index is 1.99. The number of phenols is 1. The molecule has 0 saturated carbocycles. The standard InChI is InChI=1S/C21H22FN3O7/c1-25(2)14-8-4-6-3-7-9(22)5-10(23)15(26)12(7)16(27)11(6)18(29)21(8,32)19(30)13(17(14)28)20(24)31/h5-6,8,14,26,28-29,32H,3-4,23H2,1-2H3,(H2,24,31)/t6-,8-,14+,21-/m0/s1. The molecule has 0 aromatic heterocycles. The summed E-state index contributed by atoms with van der Waals surface area (Å²) < 4.78 is 14.6. The average Bonchev–Trinajstić information content (AvgIpc) is 2.68. The molecular formula is C21H22FN3O7. The average molecular weight is 447 g/mol. The number of nitrogens with zero attached hydrogens (tertiary/aromatic N) is 1. The summed E-state index contributed by atoms with van der Waals surface area (Å²) in [6.45, 7) is 0. The van der Waals surface area contributed by atoms with E-state index in [2.05, 4.69) is 0 Å². The first kappa shape index (κ1) is 21.8. The van der Waals surface area contributed by atoms with Gasteiger partial charge in [-0.3, -0.25) is 19.3 Å². The highest BCUT2D eigenvalue weighted by atomic mass is 19.1. The summed E-state index contributed by atoms with van der Waals surface area (Å²) in [6.07, 6.45) is -0.245. The number of fused-ring (bicyclic) bond motifs is 3. The topological polar surface area (TPSA) is 187 Å². The second kappa shape index (κ2) is 6.78.